The topological polar surface area (TPSA) is 12.0 Å². The third kappa shape index (κ3) is 2.83. The van der Waals surface area contributed by atoms with Crippen molar-refractivity contribution < 1.29 is 0 Å². The van der Waals surface area contributed by atoms with Gasteiger partial charge in [0.2, 0.25) is 0 Å². The van der Waals surface area contributed by atoms with Gasteiger partial charge in [-0.15, -0.1) is 0 Å². The van der Waals surface area contributed by atoms with Gasteiger partial charge in [-0.05, 0) is 24.5 Å². The second kappa shape index (κ2) is 4.82. The Kier molecular flexibility index (Phi) is 3.45. The predicted molar refractivity (Wildman–Crippen MR) is 65.2 cm³/mol. The summed E-state index contributed by atoms with van der Waals surface area (Å²) in [6, 6.07) is 11.3. The lowest BCUT2D eigenvalue weighted by molar-refractivity contribution is 0.716. The van der Waals surface area contributed by atoms with Gasteiger partial charge >= 0.3 is 0 Å². The lowest BCUT2D eigenvalue weighted by Crippen LogP contribution is -2.19. The van der Waals surface area contributed by atoms with Gasteiger partial charge in [0.25, 0.3) is 0 Å². The van der Waals surface area contributed by atoms with Gasteiger partial charge in [0.1, 0.15) is 0 Å². The molecule has 2 rings (SSSR count). The summed E-state index contributed by atoms with van der Waals surface area (Å²) >= 11 is 5.61. The molecule has 0 heterocycles. The van der Waals surface area contributed by atoms with E-state index in [1.165, 1.54) is 17.6 Å². The molecule has 0 radical (unpaired) electrons. The van der Waals surface area contributed by atoms with E-state index in [1.54, 1.807) is 5.54 Å². The molecule has 1 aromatic carbocycles. The van der Waals surface area contributed by atoms with Crippen molar-refractivity contribution in [2.45, 2.75) is 25.3 Å². The Morgan fingerprint density at radius 3 is 2.87 bits per heavy atom. The minimum atomic E-state index is 0.638. The minimum Gasteiger partial charge on any atom is -0.310 e. The molecule has 1 N–H and O–H groups in total. The lowest BCUT2D eigenvalue weighted by atomic mass is 10.1. The summed E-state index contributed by atoms with van der Waals surface area (Å²) in [6.45, 7) is 2.94. The van der Waals surface area contributed by atoms with Crippen LogP contribution in [0.2, 0.25) is 0 Å². The molecular formula is C13H16ClN. The van der Waals surface area contributed by atoms with Gasteiger partial charge in [0, 0.05) is 24.0 Å². The fraction of sp³-hybridized carbons (Fsp3) is 0.385. The largest absolute Gasteiger partial charge is 0.310 e. The van der Waals surface area contributed by atoms with Crippen molar-refractivity contribution >= 4 is 11.6 Å². The van der Waals surface area contributed by atoms with E-state index < -0.39 is 0 Å². The van der Waals surface area contributed by atoms with Gasteiger partial charge < -0.3 is 5.32 Å². The molecule has 2 unspecified atom stereocenters. The van der Waals surface area contributed by atoms with Crippen LogP contribution in [0.1, 0.15) is 24.8 Å². The maximum atomic E-state index is 5.61. The monoisotopic (exact) mass is 221 g/mol. The minimum absolute atomic E-state index is 0.638. The van der Waals surface area contributed by atoms with Gasteiger partial charge in [0.15, 0.2) is 0 Å². The van der Waals surface area contributed by atoms with Crippen LogP contribution in [0.3, 0.4) is 0 Å². The third-order valence-electron chi connectivity index (χ3n) is 2.85. The van der Waals surface area contributed by atoms with Crippen molar-refractivity contribution in [3.8, 4) is 0 Å². The highest BCUT2D eigenvalue weighted by Gasteiger charge is 2.37. The van der Waals surface area contributed by atoms with Crippen LogP contribution in [-0.4, -0.2) is 12.6 Å². The highest BCUT2D eigenvalue weighted by atomic mass is 35.5. The first kappa shape index (κ1) is 10.7. The summed E-state index contributed by atoms with van der Waals surface area (Å²) in [7, 11) is 0. The summed E-state index contributed by atoms with van der Waals surface area (Å²) in [5.74, 6) is 0.703. The molecular weight excluding hydrogens is 206 g/mol. The molecule has 80 valence electrons. The number of nitrogens with one attached hydrogen (secondary N) is 1. The standard InChI is InChI=1S/C13H16ClN/c1-10(8-14)9-15-13-7-12(13)11-5-3-2-4-6-11/h2-6,8,12-13,15H,7,9H2,1H3/b10-8-. The molecule has 2 heteroatoms. The quantitative estimate of drug-likeness (QED) is 0.823. The van der Waals surface area contributed by atoms with E-state index in [0.717, 1.165) is 6.54 Å². The smallest absolute Gasteiger partial charge is 0.0176 e. The van der Waals surface area contributed by atoms with Crippen LogP contribution in [0.25, 0.3) is 0 Å². The Morgan fingerprint density at radius 2 is 2.20 bits per heavy atom. The molecule has 1 aromatic rings. The van der Waals surface area contributed by atoms with Crippen molar-refractivity contribution in [2.24, 2.45) is 0 Å². The first-order valence-electron chi connectivity index (χ1n) is 5.35. The second-order valence-corrected chi connectivity index (χ2v) is 4.41. The molecule has 1 nitrogen and oxygen atoms in total. The first-order valence-corrected chi connectivity index (χ1v) is 5.79. The Morgan fingerprint density at radius 1 is 1.47 bits per heavy atom. The molecule has 0 spiro atoms. The van der Waals surface area contributed by atoms with E-state index in [2.05, 4.69) is 35.6 Å². The van der Waals surface area contributed by atoms with Crippen LogP contribution in [-0.2, 0) is 0 Å². The fourth-order valence-electron chi connectivity index (χ4n) is 1.82. The SMILES string of the molecule is C/C(=C/Cl)CNC1CC1c1ccccc1. The number of hydrogen-bond acceptors (Lipinski definition) is 1. The second-order valence-electron chi connectivity index (χ2n) is 4.20. The molecule has 1 fully saturated rings. The van der Waals surface area contributed by atoms with E-state index in [1.807, 2.05) is 6.92 Å². The molecule has 0 bridgehead atoms. The van der Waals surface area contributed by atoms with Crippen molar-refractivity contribution in [1.29, 1.82) is 0 Å². The summed E-state index contributed by atoms with van der Waals surface area (Å²) < 4.78 is 0. The lowest BCUT2D eigenvalue weighted by Gasteiger charge is -2.03. The summed E-state index contributed by atoms with van der Waals surface area (Å²) in [5, 5.41) is 3.50. The molecule has 0 aromatic heterocycles. The highest BCUT2D eigenvalue weighted by Crippen LogP contribution is 2.40. The maximum Gasteiger partial charge on any atom is 0.0176 e. The zero-order valence-corrected chi connectivity index (χ0v) is 9.67. The third-order valence-corrected chi connectivity index (χ3v) is 3.22. The van der Waals surface area contributed by atoms with E-state index in [9.17, 15) is 0 Å². The molecule has 0 amide bonds. The maximum absolute atomic E-state index is 5.61. The molecule has 0 aliphatic heterocycles. The van der Waals surface area contributed by atoms with E-state index >= 15 is 0 Å². The average molecular weight is 222 g/mol. The molecule has 1 aliphatic carbocycles. The highest BCUT2D eigenvalue weighted by molar-refractivity contribution is 6.25. The van der Waals surface area contributed by atoms with Crippen LogP contribution in [0, 0.1) is 0 Å². The van der Waals surface area contributed by atoms with Crippen molar-refractivity contribution in [3.63, 3.8) is 0 Å². The van der Waals surface area contributed by atoms with Crippen molar-refractivity contribution in [3.05, 3.63) is 47.0 Å². The first-order chi connectivity index (χ1) is 7.31. The van der Waals surface area contributed by atoms with E-state index in [-0.39, 0.29) is 0 Å². The van der Waals surface area contributed by atoms with Gasteiger partial charge in [0.05, 0.1) is 0 Å². The van der Waals surface area contributed by atoms with Crippen LogP contribution < -0.4 is 5.32 Å². The van der Waals surface area contributed by atoms with Crippen molar-refractivity contribution in [1.82, 2.24) is 5.32 Å². The summed E-state index contributed by atoms with van der Waals surface area (Å²) in [6.07, 6.45) is 1.25. The zero-order chi connectivity index (χ0) is 10.7. The zero-order valence-electron chi connectivity index (χ0n) is 8.91. The van der Waals surface area contributed by atoms with Crippen molar-refractivity contribution in [2.75, 3.05) is 6.54 Å². The van der Waals surface area contributed by atoms with Crippen LogP contribution in [0.15, 0.2) is 41.4 Å². The summed E-state index contributed by atoms with van der Waals surface area (Å²) in [4.78, 5) is 0. The van der Waals surface area contributed by atoms with Gasteiger partial charge in [-0.25, -0.2) is 0 Å². The van der Waals surface area contributed by atoms with Crippen LogP contribution >= 0.6 is 11.6 Å². The normalized spacial score (nSPS) is 25.3. The number of rotatable bonds is 4. The Hall–Kier alpha value is -0.790. The number of halogens is 1. The average Bonchev–Trinajstić information content (AvgIpc) is 3.06. The van der Waals surface area contributed by atoms with Crippen LogP contribution in [0.5, 0.6) is 0 Å². The summed E-state index contributed by atoms with van der Waals surface area (Å²) in [5.41, 5.74) is 4.28. The molecule has 0 saturated heterocycles. The Labute approximate surface area is 96.1 Å². The Bertz CT molecular complexity index is 345. The van der Waals surface area contributed by atoms with E-state index in [0.29, 0.717) is 12.0 Å². The van der Waals surface area contributed by atoms with E-state index in [4.69, 9.17) is 11.6 Å². The van der Waals surface area contributed by atoms with Crippen LogP contribution in [0.4, 0.5) is 0 Å². The number of hydrogen-bond donors (Lipinski definition) is 1. The van der Waals surface area contributed by atoms with Gasteiger partial charge in [-0.3, -0.25) is 0 Å². The fourth-order valence-corrected chi connectivity index (χ4v) is 1.90. The van der Waals surface area contributed by atoms with Gasteiger partial charge in [-0.1, -0.05) is 41.9 Å². The molecule has 1 saturated carbocycles. The molecule has 1 aliphatic rings. The Balaban J connectivity index is 1.82. The predicted octanol–water partition coefficient (Wildman–Crippen LogP) is 3.27. The molecule has 2 atom stereocenters. The molecule has 15 heavy (non-hydrogen) atoms. The number of benzene rings is 1. The van der Waals surface area contributed by atoms with Gasteiger partial charge in [-0.2, -0.15) is 0 Å².